The largest absolute Gasteiger partial charge is 0.416 e. The molecule has 2 N–H and O–H groups in total. The van der Waals surface area contributed by atoms with Gasteiger partial charge in [0.2, 0.25) is 0 Å². The van der Waals surface area contributed by atoms with Gasteiger partial charge >= 0.3 is 6.18 Å². The fraction of sp³-hybridized carbons (Fsp3) is 0.292. The predicted molar refractivity (Wildman–Crippen MR) is 116 cm³/mol. The van der Waals surface area contributed by atoms with E-state index < -0.39 is 29.4 Å². The van der Waals surface area contributed by atoms with Gasteiger partial charge in [0.1, 0.15) is 5.82 Å². The number of amides is 2. The third-order valence-electron chi connectivity index (χ3n) is 5.56. The molecule has 0 aliphatic heterocycles. The number of hydrogen-bond acceptors (Lipinski definition) is 3. The molecule has 1 aromatic heterocycles. The van der Waals surface area contributed by atoms with E-state index in [9.17, 15) is 27.2 Å². The third-order valence-corrected chi connectivity index (χ3v) is 5.56. The molecule has 1 aliphatic rings. The molecular formula is C24H22F4N4O2. The molecule has 178 valence electrons. The van der Waals surface area contributed by atoms with Gasteiger partial charge in [-0.15, -0.1) is 0 Å². The Morgan fingerprint density at radius 2 is 1.76 bits per heavy atom. The van der Waals surface area contributed by atoms with Gasteiger partial charge in [-0.25, -0.2) is 9.07 Å². The lowest BCUT2D eigenvalue weighted by Gasteiger charge is -2.12. The van der Waals surface area contributed by atoms with Crippen LogP contribution in [0.15, 0.2) is 48.7 Å². The molecule has 0 saturated heterocycles. The Bertz CT molecular complexity index is 1230. The van der Waals surface area contributed by atoms with Crippen LogP contribution in [-0.4, -0.2) is 34.7 Å². The van der Waals surface area contributed by atoms with Crippen molar-refractivity contribution in [1.29, 1.82) is 0 Å². The summed E-state index contributed by atoms with van der Waals surface area (Å²) in [6.07, 6.45) is -1.52. The first-order valence-electron chi connectivity index (χ1n) is 10.7. The topological polar surface area (TPSA) is 76.0 Å². The quantitative estimate of drug-likeness (QED) is 0.394. The van der Waals surface area contributed by atoms with Gasteiger partial charge in [0.15, 0.2) is 0 Å². The molecule has 1 saturated carbocycles. The van der Waals surface area contributed by atoms with Crippen molar-refractivity contribution in [1.82, 2.24) is 20.4 Å². The van der Waals surface area contributed by atoms with Crippen LogP contribution in [0, 0.1) is 12.7 Å². The zero-order valence-electron chi connectivity index (χ0n) is 18.2. The van der Waals surface area contributed by atoms with Gasteiger partial charge in [0.25, 0.3) is 11.8 Å². The summed E-state index contributed by atoms with van der Waals surface area (Å²) in [5.41, 5.74) is 0.891. The van der Waals surface area contributed by atoms with Crippen molar-refractivity contribution in [3.63, 3.8) is 0 Å². The summed E-state index contributed by atoms with van der Waals surface area (Å²) in [5.74, 6) is -1.35. The van der Waals surface area contributed by atoms with Crippen molar-refractivity contribution in [2.75, 3.05) is 13.1 Å². The van der Waals surface area contributed by atoms with E-state index >= 15 is 0 Å². The number of aryl methyl sites for hydroxylation is 1. The molecule has 2 amide bonds. The van der Waals surface area contributed by atoms with Gasteiger partial charge in [-0.3, -0.25) is 9.59 Å². The Hall–Kier alpha value is -3.69. The second-order valence-corrected chi connectivity index (χ2v) is 8.15. The van der Waals surface area contributed by atoms with E-state index in [0.29, 0.717) is 11.3 Å². The van der Waals surface area contributed by atoms with Crippen molar-refractivity contribution in [3.8, 4) is 5.69 Å². The highest BCUT2D eigenvalue weighted by Crippen LogP contribution is 2.42. The minimum atomic E-state index is -4.49. The zero-order valence-corrected chi connectivity index (χ0v) is 18.2. The third kappa shape index (κ3) is 5.11. The summed E-state index contributed by atoms with van der Waals surface area (Å²) >= 11 is 0. The van der Waals surface area contributed by atoms with Gasteiger partial charge < -0.3 is 10.6 Å². The zero-order chi connectivity index (χ0) is 24.5. The second kappa shape index (κ2) is 9.28. The maximum atomic E-state index is 13.6. The van der Waals surface area contributed by atoms with E-state index in [0.717, 1.165) is 31.0 Å². The van der Waals surface area contributed by atoms with Crippen molar-refractivity contribution < 1.29 is 27.2 Å². The molecule has 0 spiro atoms. The van der Waals surface area contributed by atoms with Crippen LogP contribution in [0.3, 0.4) is 0 Å². The van der Waals surface area contributed by atoms with Crippen LogP contribution in [0.2, 0.25) is 0 Å². The fourth-order valence-electron chi connectivity index (χ4n) is 3.59. The number of halogens is 4. The van der Waals surface area contributed by atoms with Gasteiger partial charge in [-0.05, 0) is 55.7 Å². The summed E-state index contributed by atoms with van der Waals surface area (Å²) in [6.45, 7) is 1.82. The molecule has 0 radical (unpaired) electrons. The van der Waals surface area contributed by atoms with Crippen LogP contribution >= 0.6 is 0 Å². The Morgan fingerprint density at radius 3 is 2.41 bits per heavy atom. The lowest BCUT2D eigenvalue weighted by atomic mass is 10.1. The molecule has 3 aromatic rings. The highest BCUT2D eigenvalue weighted by atomic mass is 19.4. The number of carbonyl (C=O) groups is 2. The Labute approximate surface area is 193 Å². The lowest BCUT2D eigenvalue weighted by Crippen LogP contribution is -2.35. The molecule has 0 unspecified atom stereocenters. The average molecular weight is 474 g/mol. The minimum Gasteiger partial charge on any atom is -0.350 e. The molecule has 1 fully saturated rings. The van der Waals surface area contributed by atoms with E-state index in [-0.39, 0.29) is 35.8 Å². The minimum absolute atomic E-state index is 0.0360. The molecule has 10 heteroatoms. The van der Waals surface area contributed by atoms with E-state index in [4.69, 9.17) is 0 Å². The maximum absolute atomic E-state index is 13.6. The first-order valence-corrected chi connectivity index (χ1v) is 10.7. The highest BCUT2D eigenvalue weighted by molar-refractivity contribution is 5.96. The van der Waals surface area contributed by atoms with Gasteiger partial charge in [0.05, 0.1) is 28.7 Å². The van der Waals surface area contributed by atoms with Crippen molar-refractivity contribution in [2.45, 2.75) is 31.9 Å². The first-order chi connectivity index (χ1) is 16.1. The number of aromatic nitrogens is 2. The molecule has 2 aromatic carbocycles. The Morgan fingerprint density at radius 1 is 1.06 bits per heavy atom. The molecular weight excluding hydrogens is 452 g/mol. The number of hydrogen-bond donors (Lipinski definition) is 2. The molecule has 0 bridgehead atoms. The number of carbonyl (C=O) groups excluding carboxylic acids is 2. The SMILES string of the molecule is Cc1ccc(C(=O)NCCNC(=O)c2cnn(-c3cccc(C(F)(F)F)c3)c2C2CC2)cc1F. The predicted octanol–water partition coefficient (Wildman–Crippen LogP) is 4.38. The van der Waals surface area contributed by atoms with Gasteiger partial charge in [0, 0.05) is 24.6 Å². The number of nitrogens with one attached hydrogen (secondary N) is 2. The van der Waals surface area contributed by atoms with E-state index in [2.05, 4.69) is 15.7 Å². The number of alkyl halides is 3. The second-order valence-electron chi connectivity index (χ2n) is 8.15. The number of nitrogens with zero attached hydrogens (tertiary/aromatic N) is 2. The van der Waals surface area contributed by atoms with E-state index in [1.165, 1.54) is 35.1 Å². The van der Waals surface area contributed by atoms with Crippen molar-refractivity contribution >= 4 is 11.8 Å². The first kappa shape index (κ1) is 23.5. The van der Waals surface area contributed by atoms with Gasteiger partial charge in [-0.1, -0.05) is 12.1 Å². The standard InChI is InChI=1S/C24H22F4N4O2/c1-14-5-6-16(11-20(14)25)22(33)29-9-10-30-23(34)19-13-31-32(21(19)15-7-8-15)18-4-2-3-17(12-18)24(26,27)28/h2-6,11-13,15H,7-10H2,1H3,(H,29,33)(H,30,34). The normalized spacial score (nSPS) is 13.6. The van der Waals surface area contributed by atoms with E-state index in [1.807, 2.05) is 0 Å². The summed E-state index contributed by atoms with van der Waals surface area (Å²) in [7, 11) is 0. The van der Waals surface area contributed by atoms with Crippen LogP contribution in [0.25, 0.3) is 5.69 Å². The summed E-state index contributed by atoms with van der Waals surface area (Å²) in [6, 6.07) is 8.97. The molecule has 1 aliphatic carbocycles. The monoisotopic (exact) mass is 474 g/mol. The van der Waals surface area contributed by atoms with Crippen LogP contribution in [0.4, 0.5) is 17.6 Å². The molecule has 1 heterocycles. The number of benzene rings is 2. The summed E-state index contributed by atoms with van der Waals surface area (Å²) in [5, 5.41) is 9.48. The Kier molecular flexibility index (Phi) is 6.41. The van der Waals surface area contributed by atoms with Crippen molar-refractivity contribution in [3.05, 3.63) is 82.4 Å². The molecule has 6 nitrogen and oxygen atoms in total. The number of rotatable bonds is 7. The lowest BCUT2D eigenvalue weighted by molar-refractivity contribution is -0.137. The van der Waals surface area contributed by atoms with E-state index in [1.54, 1.807) is 6.92 Å². The van der Waals surface area contributed by atoms with Crippen molar-refractivity contribution in [2.24, 2.45) is 0 Å². The van der Waals surface area contributed by atoms with Crippen LogP contribution in [0.1, 0.15) is 56.3 Å². The van der Waals surface area contributed by atoms with Crippen LogP contribution in [-0.2, 0) is 6.18 Å². The maximum Gasteiger partial charge on any atom is 0.416 e. The fourth-order valence-corrected chi connectivity index (χ4v) is 3.59. The average Bonchev–Trinajstić information content (AvgIpc) is 3.55. The Balaban J connectivity index is 1.42. The summed E-state index contributed by atoms with van der Waals surface area (Å²) in [4.78, 5) is 24.9. The van der Waals surface area contributed by atoms with Crippen LogP contribution < -0.4 is 10.6 Å². The molecule has 4 rings (SSSR count). The smallest absolute Gasteiger partial charge is 0.350 e. The highest BCUT2D eigenvalue weighted by Gasteiger charge is 2.34. The molecule has 34 heavy (non-hydrogen) atoms. The summed E-state index contributed by atoms with van der Waals surface area (Å²) < 4.78 is 54.4. The van der Waals surface area contributed by atoms with Gasteiger partial charge in [-0.2, -0.15) is 18.3 Å². The van der Waals surface area contributed by atoms with Crippen LogP contribution in [0.5, 0.6) is 0 Å². The molecule has 0 atom stereocenters.